The third-order valence-corrected chi connectivity index (χ3v) is 2.87. The van der Waals surface area contributed by atoms with Crippen LogP contribution in [-0.2, 0) is 5.41 Å². The summed E-state index contributed by atoms with van der Waals surface area (Å²) in [5.74, 6) is 0.488. The van der Waals surface area contributed by atoms with Gasteiger partial charge in [0.05, 0.1) is 6.10 Å². The smallest absolute Gasteiger partial charge is 0.0719 e. The van der Waals surface area contributed by atoms with Gasteiger partial charge in [-0.3, -0.25) is 0 Å². The maximum Gasteiger partial charge on any atom is 0.0719 e. The molecule has 2 heteroatoms. The number of thiol groups is 1. The van der Waals surface area contributed by atoms with E-state index in [1.807, 2.05) is 44.2 Å². The van der Waals surface area contributed by atoms with Crippen molar-refractivity contribution in [2.45, 2.75) is 25.4 Å². The molecule has 0 saturated carbocycles. The zero-order valence-corrected chi connectivity index (χ0v) is 8.96. The highest BCUT2D eigenvalue weighted by atomic mass is 32.1. The highest BCUT2D eigenvalue weighted by Crippen LogP contribution is 2.27. The largest absolute Gasteiger partial charge is 0.391 e. The van der Waals surface area contributed by atoms with E-state index >= 15 is 0 Å². The van der Waals surface area contributed by atoms with E-state index in [-0.39, 0.29) is 5.41 Å². The summed E-state index contributed by atoms with van der Waals surface area (Å²) in [7, 11) is 0. The Morgan fingerprint density at radius 2 is 1.85 bits per heavy atom. The summed E-state index contributed by atoms with van der Waals surface area (Å²) < 4.78 is 0. The molecule has 0 bridgehead atoms. The van der Waals surface area contributed by atoms with E-state index < -0.39 is 6.10 Å². The number of aliphatic hydroxyl groups is 1. The molecule has 1 unspecified atom stereocenters. The predicted molar refractivity (Wildman–Crippen MR) is 59.3 cm³/mol. The Morgan fingerprint density at radius 3 is 2.31 bits per heavy atom. The summed E-state index contributed by atoms with van der Waals surface area (Å²) in [6.45, 7) is 4.06. The van der Waals surface area contributed by atoms with Gasteiger partial charge in [-0.2, -0.15) is 12.6 Å². The maximum absolute atomic E-state index is 9.76. The maximum atomic E-state index is 9.76. The quantitative estimate of drug-likeness (QED) is 0.711. The molecule has 1 rings (SSSR count). The van der Waals surface area contributed by atoms with Crippen LogP contribution in [0, 0.1) is 0 Å². The molecule has 0 aliphatic heterocycles. The van der Waals surface area contributed by atoms with Crippen molar-refractivity contribution >= 4 is 12.6 Å². The van der Waals surface area contributed by atoms with Crippen LogP contribution in [0.2, 0.25) is 0 Å². The molecule has 1 aromatic carbocycles. The van der Waals surface area contributed by atoms with Crippen LogP contribution < -0.4 is 0 Å². The fraction of sp³-hybridized carbons (Fsp3) is 0.455. The summed E-state index contributed by atoms with van der Waals surface area (Å²) in [6.07, 6.45) is -0.404. The number of hydrogen-bond acceptors (Lipinski definition) is 2. The molecule has 0 aliphatic carbocycles. The third-order valence-electron chi connectivity index (χ3n) is 2.52. The number of aliphatic hydroxyl groups excluding tert-OH is 1. The Hall–Kier alpha value is -0.470. The molecular formula is C11H16OS. The summed E-state index contributed by atoms with van der Waals surface area (Å²) in [5.41, 5.74) is 0.930. The molecule has 13 heavy (non-hydrogen) atoms. The van der Waals surface area contributed by atoms with Crippen molar-refractivity contribution in [2.75, 3.05) is 5.75 Å². The van der Waals surface area contributed by atoms with Gasteiger partial charge in [0.2, 0.25) is 0 Å². The zero-order chi connectivity index (χ0) is 9.90. The molecule has 0 radical (unpaired) electrons. The summed E-state index contributed by atoms with van der Waals surface area (Å²) in [4.78, 5) is 0. The zero-order valence-electron chi connectivity index (χ0n) is 8.07. The van der Waals surface area contributed by atoms with Gasteiger partial charge in [0.1, 0.15) is 0 Å². The van der Waals surface area contributed by atoms with Gasteiger partial charge in [0, 0.05) is 11.2 Å². The van der Waals surface area contributed by atoms with Crippen molar-refractivity contribution < 1.29 is 5.11 Å². The second-order valence-electron chi connectivity index (χ2n) is 3.79. The Morgan fingerprint density at radius 1 is 1.31 bits per heavy atom. The van der Waals surface area contributed by atoms with Gasteiger partial charge in [0.25, 0.3) is 0 Å². The molecule has 72 valence electrons. The highest BCUT2D eigenvalue weighted by Gasteiger charge is 2.28. The van der Waals surface area contributed by atoms with Crippen LogP contribution in [-0.4, -0.2) is 17.0 Å². The first-order valence-electron chi connectivity index (χ1n) is 4.43. The molecule has 0 heterocycles. The SMILES string of the molecule is CC(C)(c1ccccc1)C(O)CS. The van der Waals surface area contributed by atoms with E-state index in [1.165, 1.54) is 0 Å². The van der Waals surface area contributed by atoms with Crippen molar-refractivity contribution in [3.63, 3.8) is 0 Å². The minimum absolute atomic E-state index is 0.219. The Bertz CT molecular complexity index is 256. The number of rotatable bonds is 3. The van der Waals surface area contributed by atoms with Crippen LogP contribution in [0.1, 0.15) is 19.4 Å². The van der Waals surface area contributed by atoms with Gasteiger partial charge in [0.15, 0.2) is 0 Å². The molecule has 0 spiro atoms. The molecule has 0 saturated heterocycles. The lowest BCUT2D eigenvalue weighted by Gasteiger charge is -2.30. The van der Waals surface area contributed by atoms with Crippen LogP contribution in [0.4, 0.5) is 0 Å². The topological polar surface area (TPSA) is 20.2 Å². The third kappa shape index (κ3) is 2.26. The van der Waals surface area contributed by atoms with Gasteiger partial charge >= 0.3 is 0 Å². The lowest BCUT2D eigenvalue weighted by Crippen LogP contribution is -2.34. The second kappa shape index (κ2) is 4.16. The first-order valence-corrected chi connectivity index (χ1v) is 5.06. The molecule has 1 aromatic rings. The lowest BCUT2D eigenvalue weighted by atomic mass is 9.80. The summed E-state index contributed by atoms with van der Waals surface area (Å²) >= 11 is 4.11. The monoisotopic (exact) mass is 196 g/mol. The molecule has 1 atom stereocenters. The average Bonchev–Trinajstić information content (AvgIpc) is 2.18. The van der Waals surface area contributed by atoms with E-state index in [0.717, 1.165) is 5.56 Å². The second-order valence-corrected chi connectivity index (χ2v) is 4.15. The van der Waals surface area contributed by atoms with Crippen LogP contribution in [0.25, 0.3) is 0 Å². The normalized spacial score (nSPS) is 14.2. The Kier molecular flexibility index (Phi) is 3.40. The van der Waals surface area contributed by atoms with Gasteiger partial charge in [-0.05, 0) is 5.56 Å². The van der Waals surface area contributed by atoms with Gasteiger partial charge in [-0.1, -0.05) is 44.2 Å². The van der Waals surface area contributed by atoms with E-state index in [4.69, 9.17) is 0 Å². The molecule has 1 N–H and O–H groups in total. The first-order chi connectivity index (χ1) is 6.09. The molecule has 0 aliphatic rings. The minimum Gasteiger partial charge on any atom is -0.391 e. The Labute approximate surface area is 85.2 Å². The molecule has 0 amide bonds. The fourth-order valence-corrected chi connectivity index (χ4v) is 1.74. The van der Waals surface area contributed by atoms with Crippen LogP contribution in [0.5, 0.6) is 0 Å². The van der Waals surface area contributed by atoms with E-state index in [1.54, 1.807) is 0 Å². The highest BCUT2D eigenvalue weighted by molar-refractivity contribution is 7.80. The Balaban J connectivity index is 2.93. The van der Waals surface area contributed by atoms with Crippen molar-refractivity contribution in [1.29, 1.82) is 0 Å². The minimum atomic E-state index is -0.404. The molecule has 0 fully saturated rings. The molecule has 1 nitrogen and oxygen atoms in total. The van der Waals surface area contributed by atoms with E-state index in [2.05, 4.69) is 12.6 Å². The van der Waals surface area contributed by atoms with Gasteiger partial charge < -0.3 is 5.11 Å². The van der Waals surface area contributed by atoms with Crippen molar-refractivity contribution in [1.82, 2.24) is 0 Å². The van der Waals surface area contributed by atoms with Gasteiger partial charge in [-0.25, -0.2) is 0 Å². The molecule has 0 aromatic heterocycles. The van der Waals surface area contributed by atoms with Crippen molar-refractivity contribution in [2.24, 2.45) is 0 Å². The van der Waals surface area contributed by atoms with E-state index in [0.29, 0.717) is 5.75 Å². The van der Waals surface area contributed by atoms with E-state index in [9.17, 15) is 5.11 Å². The first kappa shape index (κ1) is 10.6. The van der Waals surface area contributed by atoms with Crippen LogP contribution >= 0.6 is 12.6 Å². The lowest BCUT2D eigenvalue weighted by molar-refractivity contribution is 0.122. The fourth-order valence-electron chi connectivity index (χ4n) is 1.29. The number of hydrogen-bond donors (Lipinski definition) is 2. The molecular weight excluding hydrogens is 180 g/mol. The van der Waals surface area contributed by atoms with Crippen molar-refractivity contribution in [3.8, 4) is 0 Å². The summed E-state index contributed by atoms with van der Waals surface area (Å²) in [6, 6.07) is 10.0. The number of benzene rings is 1. The van der Waals surface area contributed by atoms with Gasteiger partial charge in [-0.15, -0.1) is 0 Å². The predicted octanol–water partition coefficient (Wildman–Crippen LogP) is 2.25. The van der Waals surface area contributed by atoms with Crippen LogP contribution in [0.3, 0.4) is 0 Å². The summed E-state index contributed by atoms with van der Waals surface area (Å²) in [5, 5.41) is 9.76. The standard InChI is InChI=1S/C11H16OS/c1-11(2,10(12)8-13)9-6-4-3-5-7-9/h3-7,10,12-13H,8H2,1-2H3. The average molecular weight is 196 g/mol. The van der Waals surface area contributed by atoms with Crippen LogP contribution in [0.15, 0.2) is 30.3 Å². The van der Waals surface area contributed by atoms with Crippen molar-refractivity contribution in [3.05, 3.63) is 35.9 Å².